The van der Waals surface area contributed by atoms with Crippen molar-refractivity contribution < 1.29 is 13.2 Å². The Balaban J connectivity index is 1.62. The van der Waals surface area contributed by atoms with E-state index in [0.29, 0.717) is 26.2 Å². The first-order valence-corrected chi connectivity index (χ1v) is 10.3. The molecular weight excluding hydrogens is 344 g/mol. The van der Waals surface area contributed by atoms with E-state index in [0.717, 1.165) is 16.0 Å². The zero-order valence-corrected chi connectivity index (χ0v) is 15.1. The van der Waals surface area contributed by atoms with Crippen LogP contribution < -0.4 is 0 Å². The summed E-state index contributed by atoms with van der Waals surface area (Å²) in [7, 11) is -3.35. The molecule has 3 rings (SSSR count). The number of aryl methyl sites for hydroxylation is 1. The molecule has 1 fully saturated rings. The highest BCUT2D eigenvalue weighted by Crippen LogP contribution is 2.20. The summed E-state index contributed by atoms with van der Waals surface area (Å²) in [6.07, 6.45) is 0. The molecule has 1 aromatic carbocycles. The molecule has 1 aliphatic rings. The van der Waals surface area contributed by atoms with E-state index in [-0.39, 0.29) is 11.7 Å². The number of thiophene rings is 1. The average molecular weight is 364 g/mol. The Labute approximate surface area is 146 Å². The standard InChI is InChI=1S/C17H20N2O3S2/c1-14-7-12-23-16(14)17(20)18-8-10-19(11-9-18)24(21,22)13-15-5-3-2-4-6-15/h2-7,12H,8-11,13H2,1H3. The normalized spacial score (nSPS) is 16.3. The fraction of sp³-hybridized carbons (Fsp3) is 0.353. The van der Waals surface area contributed by atoms with Gasteiger partial charge in [0.05, 0.1) is 10.6 Å². The van der Waals surface area contributed by atoms with E-state index in [1.165, 1.54) is 15.6 Å². The molecule has 7 heteroatoms. The van der Waals surface area contributed by atoms with Crippen molar-refractivity contribution in [2.75, 3.05) is 26.2 Å². The third-order valence-corrected chi connectivity index (χ3v) is 7.02. The first-order valence-electron chi connectivity index (χ1n) is 7.82. The van der Waals surface area contributed by atoms with E-state index in [4.69, 9.17) is 0 Å². The molecule has 0 spiro atoms. The lowest BCUT2D eigenvalue weighted by Crippen LogP contribution is -2.50. The molecule has 0 atom stereocenters. The lowest BCUT2D eigenvalue weighted by Gasteiger charge is -2.34. The monoisotopic (exact) mass is 364 g/mol. The minimum absolute atomic E-state index is 0.00241. The Kier molecular flexibility index (Phi) is 5.03. The van der Waals surface area contributed by atoms with Gasteiger partial charge < -0.3 is 4.90 Å². The molecule has 0 radical (unpaired) electrons. The first kappa shape index (κ1) is 17.1. The van der Waals surface area contributed by atoms with Crippen molar-refractivity contribution in [1.29, 1.82) is 0 Å². The molecule has 1 aliphatic heterocycles. The summed E-state index contributed by atoms with van der Waals surface area (Å²) in [5, 5.41) is 1.91. The Bertz CT molecular complexity index is 807. The Morgan fingerprint density at radius 3 is 2.33 bits per heavy atom. The number of carbonyl (C=O) groups is 1. The number of benzene rings is 1. The largest absolute Gasteiger partial charge is 0.335 e. The van der Waals surface area contributed by atoms with E-state index in [1.54, 1.807) is 4.90 Å². The number of nitrogens with zero attached hydrogens (tertiary/aromatic N) is 2. The molecular formula is C17H20N2O3S2. The van der Waals surface area contributed by atoms with Crippen molar-refractivity contribution in [1.82, 2.24) is 9.21 Å². The minimum Gasteiger partial charge on any atom is -0.335 e. The highest BCUT2D eigenvalue weighted by molar-refractivity contribution is 7.88. The van der Waals surface area contributed by atoms with Crippen molar-refractivity contribution in [2.24, 2.45) is 0 Å². The molecule has 0 unspecified atom stereocenters. The summed E-state index contributed by atoms with van der Waals surface area (Å²) in [6, 6.07) is 11.1. The third-order valence-electron chi connectivity index (χ3n) is 4.17. The topological polar surface area (TPSA) is 57.7 Å². The van der Waals surface area contributed by atoms with Gasteiger partial charge in [0.25, 0.3) is 5.91 Å². The molecule has 1 amide bonds. The zero-order valence-electron chi connectivity index (χ0n) is 13.5. The van der Waals surface area contributed by atoms with Crippen LogP contribution in [0.4, 0.5) is 0 Å². The highest BCUT2D eigenvalue weighted by atomic mass is 32.2. The van der Waals surface area contributed by atoms with Crippen LogP contribution in [0.5, 0.6) is 0 Å². The van der Waals surface area contributed by atoms with Crippen molar-refractivity contribution in [2.45, 2.75) is 12.7 Å². The van der Waals surface area contributed by atoms with Crippen LogP contribution in [0.25, 0.3) is 0 Å². The van der Waals surface area contributed by atoms with Gasteiger partial charge in [-0.3, -0.25) is 4.79 Å². The van der Waals surface area contributed by atoms with Crippen LogP contribution in [0.2, 0.25) is 0 Å². The Hall–Kier alpha value is -1.70. The molecule has 128 valence electrons. The maximum atomic E-state index is 12.5. The third kappa shape index (κ3) is 3.68. The number of piperazine rings is 1. The lowest BCUT2D eigenvalue weighted by atomic mass is 10.2. The Morgan fingerprint density at radius 1 is 1.08 bits per heavy atom. The van der Waals surface area contributed by atoms with E-state index in [9.17, 15) is 13.2 Å². The van der Waals surface area contributed by atoms with Crippen molar-refractivity contribution >= 4 is 27.3 Å². The van der Waals surface area contributed by atoms with Crippen LogP contribution in [-0.2, 0) is 15.8 Å². The number of amides is 1. The predicted molar refractivity (Wildman–Crippen MR) is 95.6 cm³/mol. The van der Waals surface area contributed by atoms with Crippen LogP contribution in [0, 0.1) is 6.92 Å². The summed E-state index contributed by atoms with van der Waals surface area (Å²) in [6.45, 7) is 3.50. The van der Waals surface area contributed by atoms with Gasteiger partial charge in [-0.2, -0.15) is 4.31 Å². The molecule has 24 heavy (non-hydrogen) atoms. The van der Waals surface area contributed by atoms with E-state index in [2.05, 4.69) is 0 Å². The SMILES string of the molecule is Cc1ccsc1C(=O)N1CCN(S(=O)(=O)Cc2ccccc2)CC1. The molecule has 2 heterocycles. The van der Waals surface area contributed by atoms with E-state index in [1.807, 2.05) is 48.7 Å². The van der Waals surface area contributed by atoms with Gasteiger partial charge >= 0.3 is 0 Å². The molecule has 0 N–H and O–H groups in total. The van der Waals surface area contributed by atoms with Gasteiger partial charge in [-0.15, -0.1) is 11.3 Å². The molecule has 0 aliphatic carbocycles. The molecule has 0 saturated carbocycles. The quantitative estimate of drug-likeness (QED) is 0.837. The predicted octanol–water partition coefficient (Wildman–Crippen LogP) is 2.34. The van der Waals surface area contributed by atoms with E-state index < -0.39 is 10.0 Å². The molecule has 5 nitrogen and oxygen atoms in total. The zero-order chi connectivity index (χ0) is 17.2. The number of hydrogen-bond donors (Lipinski definition) is 0. The summed E-state index contributed by atoms with van der Waals surface area (Å²) < 4.78 is 26.6. The maximum absolute atomic E-state index is 12.5. The number of hydrogen-bond acceptors (Lipinski definition) is 4. The average Bonchev–Trinajstić information content (AvgIpc) is 3.01. The van der Waals surface area contributed by atoms with Gasteiger partial charge in [-0.25, -0.2) is 8.42 Å². The van der Waals surface area contributed by atoms with Crippen molar-refractivity contribution in [3.8, 4) is 0 Å². The van der Waals surface area contributed by atoms with Gasteiger partial charge in [0.2, 0.25) is 10.0 Å². The summed E-state index contributed by atoms with van der Waals surface area (Å²) in [5.74, 6) is 0.00819. The molecule has 2 aromatic rings. The van der Waals surface area contributed by atoms with Crippen LogP contribution in [0.15, 0.2) is 41.8 Å². The van der Waals surface area contributed by atoms with Crippen molar-refractivity contribution in [3.63, 3.8) is 0 Å². The Morgan fingerprint density at radius 2 is 1.75 bits per heavy atom. The van der Waals surface area contributed by atoms with Crippen LogP contribution >= 0.6 is 11.3 Å². The van der Waals surface area contributed by atoms with Crippen LogP contribution in [-0.4, -0.2) is 49.7 Å². The second-order valence-electron chi connectivity index (χ2n) is 5.87. The van der Waals surface area contributed by atoms with Gasteiger partial charge in [0.15, 0.2) is 0 Å². The maximum Gasteiger partial charge on any atom is 0.264 e. The van der Waals surface area contributed by atoms with Gasteiger partial charge in [-0.1, -0.05) is 30.3 Å². The molecule has 1 saturated heterocycles. The minimum atomic E-state index is -3.35. The number of carbonyl (C=O) groups excluding carboxylic acids is 1. The fourth-order valence-corrected chi connectivity index (χ4v) is 5.19. The van der Waals surface area contributed by atoms with E-state index >= 15 is 0 Å². The van der Waals surface area contributed by atoms with Crippen LogP contribution in [0.1, 0.15) is 20.8 Å². The smallest absolute Gasteiger partial charge is 0.264 e. The second kappa shape index (κ2) is 7.04. The fourth-order valence-electron chi connectivity index (χ4n) is 2.78. The van der Waals surface area contributed by atoms with Gasteiger partial charge in [0, 0.05) is 26.2 Å². The highest BCUT2D eigenvalue weighted by Gasteiger charge is 2.30. The lowest BCUT2D eigenvalue weighted by molar-refractivity contribution is 0.0702. The number of sulfonamides is 1. The summed E-state index contributed by atoms with van der Waals surface area (Å²) in [5.41, 5.74) is 1.76. The van der Waals surface area contributed by atoms with Gasteiger partial charge in [0.1, 0.15) is 0 Å². The summed E-state index contributed by atoms with van der Waals surface area (Å²) in [4.78, 5) is 15.0. The van der Waals surface area contributed by atoms with Gasteiger partial charge in [-0.05, 0) is 29.5 Å². The van der Waals surface area contributed by atoms with Crippen LogP contribution in [0.3, 0.4) is 0 Å². The number of rotatable bonds is 4. The first-order chi connectivity index (χ1) is 11.5. The summed E-state index contributed by atoms with van der Waals surface area (Å²) >= 11 is 1.44. The molecule has 0 bridgehead atoms. The van der Waals surface area contributed by atoms with Crippen molar-refractivity contribution in [3.05, 3.63) is 57.8 Å². The second-order valence-corrected chi connectivity index (χ2v) is 8.75. The molecule has 1 aromatic heterocycles.